The smallest absolute Gasteiger partial charge is 0.0564 e. The summed E-state index contributed by atoms with van der Waals surface area (Å²) in [6.45, 7) is 3.36. The van der Waals surface area contributed by atoms with E-state index in [0.29, 0.717) is 0 Å². The summed E-state index contributed by atoms with van der Waals surface area (Å²) in [5.41, 5.74) is 0.186. The molecule has 1 N–H and O–H groups in total. The first kappa shape index (κ1) is 9.50. The molecular weight excluding hydrogens is 202 g/mol. The van der Waals surface area contributed by atoms with Crippen LogP contribution >= 0.6 is 22.9 Å². The number of rotatable bonds is 2. The van der Waals surface area contributed by atoms with Gasteiger partial charge in [0, 0.05) is 4.88 Å². The summed E-state index contributed by atoms with van der Waals surface area (Å²) in [6.07, 6.45) is 3.62. The standard InChI is InChI=1S/C10H14ClNS/c1-2-10(5-3-6-12-10)9-8(11)4-7-13-9/h4,7,12H,2-3,5-6H2,1H3. The van der Waals surface area contributed by atoms with Crippen LogP contribution in [-0.4, -0.2) is 6.54 Å². The lowest BCUT2D eigenvalue weighted by Gasteiger charge is -2.27. The summed E-state index contributed by atoms with van der Waals surface area (Å²) >= 11 is 7.93. The molecule has 0 bridgehead atoms. The molecule has 0 amide bonds. The molecule has 72 valence electrons. The number of halogens is 1. The maximum Gasteiger partial charge on any atom is 0.0564 e. The lowest BCUT2D eigenvalue weighted by molar-refractivity contribution is 0.384. The first-order valence-electron chi connectivity index (χ1n) is 4.77. The minimum atomic E-state index is 0.186. The molecule has 1 aromatic heterocycles. The molecular formula is C10H14ClNS. The molecule has 0 saturated carbocycles. The summed E-state index contributed by atoms with van der Waals surface area (Å²) in [4.78, 5) is 1.33. The Morgan fingerprint density at radius 1 is 1.69 bits per heavy atom. The van der Waals surface area contributed by atoms with Crippen molar-refractivity contribution in [1.82, 2.24) is 5.32 Å². The van der Waals surface area contributed by atoms with Gasteiger partial charge in [0.05, 0.1) is 10.6 Å². The fourth-order valence-electron chi connectivity index (χ4n) is 2.10. The van der Waals surface area contributed by atoms with Gasteiger partial charge in [-0.2, -0.15) is 0 Å². The molecule has 0 aromatic carbocycles. The summed E-state index contributed by atoms with van der Waals surface area (Å²) in [7, 11) is 0. The van der Waals surface area contributed by atoms with Crippen molar-refractivity contribution >= 4 is 22.9 Å². The average Bonchev–Trinajstić information content (AvgIpc) is 2.73. The Morgan fingerprint density at radius 2 is 2.54 bits per heavy atom. The van der Waals surface area contributed by atoms with Crippen molar-refractivity contribution in [3.63, 3.8) is 0 Å². The first-order valence-corrected chi connectivity index (χ1v) is 6.03. The molecule has 3 heteroatoms. The van der Waals surface area contributed by atoms with Gasteiger partial charge in [0.15, 0.2) is 0 Å². The van der Waals surface area contributed by atoms with Crippen molar-refractivity contribution in [2.24, 2.45) is 0 Å². The van der Waals surface area contributed by atoms with E-state index in [1.807, 2.05) is 6.07 Å². The highest BCUT2D eigenvalue weighted by atomic mass is 35.5. The second-order valence-corrected chi connectivity index (χ2v) is 4.89. The van der Waals surface area contributed by atoms with Crippen LogP contribution in [0.1, 0.15) is 31.1 Å². The van der Waals surface area contributed by atoms with Crippen LogP contribution in [0.2, 0.25) is 5.02 Å². The van der Waals surface area contributed by atoms with Gasteiger partial charge in [-0.15, -0.1) is 11.3 Å². The maximum atomic E-state index is 6.16. The highest BCUT2D eigenvalue weighted by molar-refractivity contribution is 7.10. The van der Waals surface area contributed by atoms with E-state index in [9.17, 15) is 0 Å². The van der Waals surface area contributed by atoms with Gasteiger partial charge in [-0.1, -0.05) is 18.5 Å². The molecule has 1 saturated heterocycles. The van der Waals surface area contributed by atoms with Gasteiger partial charge in [0.2, 0.25) is 0 Å². The minimum absolute atomic E-state index is 0.186. The number of hydrogen-bond donors (Lipinski definition) is 1. The fourth-order valence-corrected chi connectivity index (χ4v) is 3.61. The number of thiophene rings is 1. The van der Waals surface area contributed by atoms with Gasteiger partial charge in [0.25, 0.3) is 0 Å². The zero-order valence-corrected chi connectivity index (χ0v) is 9.34. The SMILES string of the molecule is CCC1(c2sccc2Cl)CCCN1. The largest absolute Gasteiger partial charge is 0.307 e. The van der Waals surface area contributed by atoms with Crippen molar-refractivity contribution in [3.8, 4) is 0 Å². The molecule has 1 aromatic rings. The Hall–Kier alpha value is -0.0500. The minimum Gasteiger partial charge on any atom is -0.307 e. The Bertz CT molecular complexity index is 289. The Kier molecular flexibility index (Phi) is 2.63. The van der Waals surface area contributed by atoms with Crippen molar-refractivity contribution in [3.05, 3.63) is 21.3 Å². The van der Waals surface area contributed by atoms with Crippen molar-refractivity contribution in [2.45, 2.75) is 31.7 Å². The highest BCUT2D eigenvalue weighted by Crippen LogP contribution is 2.40. The molecule has 1 aliphatic rings. The second-order valence-electron chi connectivity index (χ2n) is 3.56. The van der Waals surface area contributed by atoms with Crippen LogP contribution in [0.5, 0.6) is 0 Å². The Balaban J connectivity index is 2.36. The van der Waals surface area contributed by atoms with Gasteiger partial charge < -0.3 is 5.32 Å². The van der Waals surface area contributed by atoms with E-state index >= 15 is 0 Å². The van der Waals surface area contributed by atoms with E-state index in [1.165, 1.54) is 17.7 Å². The monoisotopic (exact) mass is 215 g/mol. The van der Waals surface area contributed by atoms with Gasteiger partial charge in [-0.3, -0.25) is 0 Å². The van der Waals surface area contributed by atoms with E-state index in [-0.39, 0.29) is 5.54 Å². The van der Waals surface area contributed by atoms with Crippen LogP contribution in [-0.2, 0) is 5.54 Å². The van der Waals surface area contributed by atoms with E-state index in [0.717, 1.165) is 18.0 Å². The first-order chi connectivity index (χ1) is 6.28. The normalized spacial score (nSPS) is 28.2. The third-order valence-corrected chi connectivity index (χ3v) is 4.44. The van der Waals surface area contributed by atoms with Gasteiger partial charge in [-0.05, 0) is 37.3 Å². The van der Waals surface area contributed by atoms with E-state index in [1.54, 1.807) is 11.3 Å². The topological polar surface area (TPSA) is 12.0 Å². The summed E-state index contributed by atoms with van der Waals surface area (Å²) in [6, 6.07) is 2.00. The zero-order valence-electron chi connectivity index (χ0n) is 7.77. The van der Waals surface area contributed by atoms with E-state index in [2.05, 4.69) is 17.6 Å². The molecule has 0 aliphatic carbocycles. The third-order valence-electron chi connectivity index (χ3n) is 2.90. The van der Waals surface area contributed by atoms with Crippen molar-refractivity contribution in [1.29, 1.82) is 0 Å². The molecule has 1 nitrogen and oxygen atoms in total. The molecule has 0 radical (unpaired) electrons. The molecule has 1 atom stereocenters. The van der Waals surface area contributed by atoms with Crippen LogP contribution < -0.4 is 5.32 Å². The van der Waals surface area contributed by atoms with Gasteiger partial charge in [-0.25, -0.2) is 0 Å². The zero-order chi connectivity index (χ0) is 9.31. The predicted octanol–water partition coefficient (Wildman–Crippen LogP) is 3.39. The quantitative estimate of drug-likeness (QED) is 0.798. The summed E-state index contributed by atoms with van der Waals surface area (Å²) in [5.74, 6) is 0. The molecule has 2 rings (SSSR count). The molecule has 1 aliphatic heterocycles. The highest BCUT2D eigenvalue weighted by Gasteiger charge is 2.35. The third kappa shape index (κ3) is 1.51. The van der Waals surface area contributed by atoms with Crippen LogP contribution in [0.4, 0.5) is 0 Å². The Labute approximate surface area is 88.1 Å². The van der Waals surface area contributed by atoms with Crippen LogP contribution in [0, 0.1) is 0 Å². The summed E-state index contributed by atoms with van der Waals surface area (Å²) < 4.78 is 0. The molecule has 1 unspecified atom stereocenters. The maximum absolute atomic E-state index is 6.16. The molecule has 1 fully saturated rings. The van der Waals surface area contributed by atoms with E-state index < -0.39 is 0 Å². The van der Waals surface area contributed by atoms with Crippen LogP contribution in [0.3, 0.4) is 0 Å². The van der Waals surface area contributed by atoms with Crippen LogP contribution in [0.15, 0.2) is 11.4 Å². The van der Waals surface area contributed by atoms with Gasteiger partial charge >= 0.3 is 0 Å². The van der Waals surface area contributed by atoms with Crippen molar-refractivity contribution < 1.29 is 0 Å². The molecule has 13 heavy (non-hydrogen) atoms. The predicted molar refractivity (Wildman–Crippen MR) is 58.5 cm³/mol. The van der Waals surface area contributed by atoms with Crippen LogP contribution in [0.25, 0.3) is 0 Å². The molecule has 2 heterocycles. The molecule has 0 spiro atoms. The lowest BCUT2D eigenvalue weighted by Crippen LogP contribution is -2.35. The Morgan fingerprint density at radius 3 is 3.00 bits per heavy atom. The summed E-state index contributed by atoms with van der Waals surface area (Å²) in [5, 5.41) is 6.60. The van der Waals surface area contributed by atoms with E-state index in [4.69, 9.17) is 11.6 Å². The fraction of sp³-hybridized carbons (Fsp3) is 0.600. The van der Waals surface area contributed by atoms with Crippen molar-refractivity contribution in [2.75, 3.05) is 6.54 Å². The average molecular weight is 216 g/mol. The van der Waals surface area contributed by atoms with Gasteiger partial charge in [0.1, 0.15) is 0 Å². The lowest BCUT2D eigenvalue weighted by atomic mass is 9.92. The number of hydrogen-bond acceptors (Lipinski definition) is 2. The second kappa shape index (κ2) is 3.60. The number of nitrogens with one attached hydrogen (secondary N) is 1.